The number of carbonyl (C=O) groups excluding carboxylic acids is 1. The third-order valence-electron chi connectivity index (χ3n) is 3.18. The smallest absolute Gasteiger partial charge is 0.168 e. The van der Waals surface area contributed by atoms with E-state index >= 15 is 0 Å². The van der Waals surface area contributed by atoms with Gasteiger partial charge in [-0.05, 0) is 43.5 Å². The molecule has 2 rings (SSSR count). The first-order chi connectivity index (χ1) is 6.68. The van der Waals surface area contributed by atoms with Gasteiger partial charge >= 0.3 is 0 Å². The molecule has 14 heavy (non-hydrogen) atoms. The van der Waals surface area contributed by atoms with Crippen LogP contribution in [0.1, 0.15) is 36.5 Å². The lowest BCUT2D eigenvalue weighted by Gasteiger charge is -2.10. The molecule has 1 aliphatic rings. The Hall–Kier alpha value is -1.31. The number of hydrogen-bond acceptors (Lipinski definition) is 2. The molecule has 74 valence electrons. The maximum atomic E-state index is 12.0. The first kappa shape index (κ1) is 9.25. The average molecular weight is 189 g/mol. The first-order valence-electron chi connectivity index (χ1n) is 5.08. The molecule has 1 fully saturated rings. The molecule has 0 spiro atoms. The van der Waals surface area contributed by atoms with Crippen LogP contribution in [0.15, 0.2) is 24.3 Å². The number of nitrogen functional groups attached to an aromatic ring is 1. The fourth-order valence-electron chi connectivity index (χ4n) is 1.83. The Bertz CT molecular complexity index is 349. The van der Waals surface area contributed by atoms with E-state index in [4.69, 9.17) is 5.73 Å². The summed E-state index contributed by atoms with van der Waals surface area (Å²) in [6.07, 6.45) is 3.05. The second-order valence-corrected chi connectivity index (χ2v) is 4.09. The minimum Gasteiger partial charge on any atom is -0.399 e. The van der Waals surface area contributed by atoms with E-state index in [1.807, 2.05) is 12.1 Å². The third kappa shape index (κ3) is 1.41. The third-order valence-corrected chi connectivity index (χ3v) is 3.18. The van der Waals surface area contributed by atoms with E-state index in [0.717, 1.165) is 24.8 Å². The maximum absolute atomic E-state index is 12.0. The van der Waals surface area contributed by atoms with Crippen LogP contribution in [0.3, 0.4) is 0 Å². The molecule has 0 aromatic heterocycles. The Morgan fingerprint density at radius 1 is 1.36 bits per heavy atom. The lowest BCUT2D eigenvalue weighted by Crippen LogP contribution is -2.14. The second kappa shape index (κ2) is 3.12. The summed E-state index contributed by atoms with van der Waals surface area (Å²) < 4.78 is 0. The quantitative estimate of drug-likeness (QED) is 0.586. The van der Waals surface area contributed by atoms with Crippen molar-refractivity contribution in [3.05, 3.63) is 29.8 Å². The number of rotatable bonds is 3. The zero-order valence-corrected chi connectivity index (χ0v) is 8.42. The standard InChI is InChI=1S/C12H15NO/c1-2-12(7-8-12)11(14)9-3-5-10(13)6-4-9/h3-6H,2,7-8,13H2,1H3. The van der Waals surface area contributed by atoms with Crippen LogP contribution in [0.5, 0.6) is 0 Å². The molecule has 0 unspecified atom stereocenters. The van der Waals surface area contributed by atoms with Gasteiger partial charge in [-0.15, -0.1) is 0 Å². The predicted octanol–water partition coefficient (Wildman–Crippen LogP) is 2.64. The summed E-state index contributed by atoms with van der Waals surface area (Å²) >= 11 is 0. The number of benzene rings is 1. The summed E-state index contributed by atoms with van der Waals surface area (Å²) in [7, 11) is 0. The Kier molecular flexibility index (Phi) is 2.06. The zero-order chi connectivity index (χ0) is 10.2. The van der Waals surface area contributed by atoms with E-state index in [0.29, 0.717) is 11.5 Å². The van der Waals surface area contributed by atoms with Gasteiger partial charge < -0.3 is 5.73 Å². The molecule has 1 aliphatic carbocycles. The van der Waals surface area contributed by atoms with Gasteiger partial charge in [-0.1, -0.05) is 6.92 Å². The van der Waals surface area contributed by atoms with Gasteiger partial charge in [-0.2, -0.15) is 0 Å². The largest absolute Gasteiger partial charge is 0.399 e. The van der Waals surface area contributed by atoms with Gasteiger partial charge in [-0.3, -0.25) is 4.79 Å². The number of ketones is 1. The lowest BCUT2D eigenvalue weighted by molar-refractivity contribution is 0.0896. The van der Waals surface area contributed by atoms with Crippen LogP contribution in [0.4, 0.5) is 5.69 Å². The van der Waals surface area contributed by atoms with Crippen molar-refractivity contribution >= 4 is 11.5 Å². The van der Waals surface area contributed by atoms with Crippen molar-refractivity contribution in [2.24, 2.45) is 5.41 Å². The summed E-state index contributed by atoms with van der Waals surface area (Å²) in [6, 6.07) is 7.23. The summed E-state index contributed by atoms with van der Waals surface area (Å²) in [4.78, 5) is 12.0. The van der Waals surface area contributed by atoms with Gasteiger partial charge in [0.25, 0.3) is 0 Å². The van der Waals surface area contributed by atoms with Crippen LogP contribution in [0.2, 0.25) is 0 Å². The van der Waals surface area contributed by atoms with Crippen molar-refractivity contribution in [1.82, 2.24) is 0 Å². The van der Waals surface area contributed by atoms with Crippen molar-refractivity contribution < 1.29 is 4.79 Å². The molecule has 2 heteroatoms. The number of hydrogen-bond donors (Lipinski definition) is 1. The van der Waals surface area contributed by atoms with Gasteiger partial charge in [0.15, 0.2) is 5.78 Å². The fraction of sp³-hybridized carbons (Fsp3) is 0.417. The Balaban J connectivity index is 2.23. The van der Waals surface area contributed by atoms with Gasteiger partial charge in [0.1, 0.15) is 0 Å². The van der Waals surface area contributed by atoms with Crippen molar-refractivity contribution in [1.29, 1.82) is 0 Å². The number of anilines is 1. The minimum atomic E-state index is -0.0316. The molecular weight excluding hydrogens is 174 g/mol. The minimum absolute atomic E-state index is 0.0316. The van der Waals surface area contributed by atoms with E-state index in [9.17, 15) is 4.79 Å². The van der Waals surface area contributed by atoms with E-state index in [1.54, 1.807) is 12.1 Å². The van der Waals surface area contributed by atoms with Crippen molar-refractivity contribution in [2.45, 2.75) is 26.2 Å². The average Bonchev–Trinajstić information content (AvgIpc) is 2.99. The summed E-state index contributed by atoms with van der Waals surface area (Å²) in [5, 5.41) is 0. The highest BCUT2D eigenvalue weighted by atomic mass is 16.1. The highest BCUT2D eigenvalue weighted by molar-refractivity contribution is 6.02. The highest BCUT2D eigenvalue weighted by Crippen LogP contribution is 2.50. The Morgan fingerprint density at radius 2 is 1.93 bits per heavy atom. The van der Waals surface area contributed by atoms with E-state index in [-0.39, 0.29) is 5.41 Å². The molecule has 0 atom stereocenters. The molecule has 2 nitrogen and oxygen atoms in total. The summed E-state index contributed by atoms with van der Waals surface area (Å²) in [5.41, 5.74) is 7.06. The van der Waals surface area contributed by atoms with Crippen molar-refractivity contribution in [3.63, 3.8) is 0 Å². The van der Waals surface area contributed by atoms with Crippen LogP contribution in [-0.2, 0) is 0 Å². The molecule has 2 N–H and O–H groups in total. The van der Waals surface area contributed by atoms with E-state index in [1.165, 1.54) is 0 Å². The maximum Gasteiger partial charge on any atom is 0.168 e. The van der Waals surface area contributed by atoms with Gasteiger partial charge in [0.05, 0.1) is 0 Å². The van der Waals surface area contributed by atoms with Crippen LogP contribution < -0.4 is 5.73 Å². The molecule has 0 heterocycles. The SMILES string of the molecule is CCC1(C(=O)c2ccc(N)cc2)CC1. The van der Waals surface area contributed by atoms with Gasteiger partial charge in [-0.25, -0.2) is 0 Å². The first-order valence-corrected chi connectivity index (χ1v) is 5.08. The lowest BCUT2D eigenvalue weighted by atomic mass is 9.92. The molecule has 1 aromatic rings. The molecule has 1 aromatic carbocycles. The van der Waals surface area contributed by atoms with Gasteiger partial charge in [0, 0.05) is 16.7 Å². The van der Waals surface area contributed by atoms with E-state index in [2.05, 4.69) is 6.92 Å². The molecule has 1 saturated carbocycles. The topological polar surface area (TPSA) is 43.1 Å². The molecule has 0 bridgehead atoms. The normalized spacial score (nSPS) is 17.8. The molecule has 0 aliphatic heterocycles. The van der Waals surface area contributed by atoms with Crippen LogP contribution >= 0.6 is 0 Å². The van der Waals surface area contributed by atoms with Crippen LogP contribution in [0.25, 0.3) is 0 Å². The fourth-order valence-corrected chi connectivity index (χ4v) is 1.83. The van der Waals surface area contributed by atoms with Crippen LogP contribution in [-0.4, -0.2) is 5.78 Å². The Morgan fingerprint density at radius 3 is 2.36 bits per heavy atom. The summed E-state index contributed by atoms with van der Waals surface area (Å²) in [5.74, 6) is 0.292. The predicted molar refractivity (Wildman–Crippen MR) is 57.1 cm³/mol. The number of nitrogens with two attached hydrogens (primary N) is 1. The molecule has 0 amide bonds. The molecular formula is C12H15NO. The van der Waals surface area contributed by atoms with Gasteiger partial charge in [0.2, 0.25) is 0 Å². The molecule has 0 saturated heterocycles. The van der Waals surface area contributed by atoms with Crippen molar-refractivity contribution in [3.8, 4) is 0 Å². The number of Topliss-reactive ketones (excluding diaryl/α,β-unsaturated/α-hetero) is 1. The monoisotopic (exact) mass is 189 g/mol. The van der Waals surface area contributed by atoms with Crippen molar-refractivity contribution in [2.75, 3.05) is 5.73 Å². The molecule has 0 radical (unpaired) electrons. The second-order valence-electron chi connectivity index (χ2n) is 4.09. The zero-order valence-electron chi connectivity index (χ0n) is 8.42. The Labute approximate surface area is 84.1 Å². The summed E-state index contributed by atoms with van der Waals surface area (Å²) in [6.45, 7) is 2.09. The number of carbonyl (C=O) groups is 1. The highest BCUT2D eigenvalue weighted by Gasteiger charge is 2.47. The van der Waals surface area contributed by atoms with Crippen LogP contribution in [0, 0.1) is 5.41 Å². The van der Waals surface area contributed by atoms with E-state index < -0.39 is 0 Å².